The Labute approximate surface area is 206 Å². The first-order valence-corrected chi connectivity index (χ1v) is 12.2. The summed E-state index contributed by atoms with van der Waals surface area (Å²) in [6, 6.07) is 14.7. The van der Waals surface area contributed by atoms with Gasteiger partial charge in [-0.15, -0.1) is 0 Å². The Kier molecular flexibility index (Phi) is 4.53. The molecule has 0 unspecified atom stereocenters. The van der Waals surface area contributed by atoms with Crippen molar-refractivity contribution < 1.29 is 4.39 Å². The van der Waals surface area contributed by atoms with Crippen molar-refractivity contribution in [3.8, 4) is 11.3 Å². The normalized spacial score (nSPS) is 23.2. The molecule has 2 aromatic carbocycles. The number of hydrogen-bond donors (Lipinski definition) is 3. The minimum absolute atomic E-state index is 0.166. The molecule has 3 atom stereocenters. The number of nitrogens with two attached hydrogens (primary N) is 2. The van der Waals surface area contributed by atoms with Crippen molar-refractivity contribution in [2.45, 2.75) is 11.8 Å². The molecule has 2 fully saturated rings. The van der Waals surface area contributed by atoms with Gasteiger partial charge in [-0.25, -0.2) is 14.4 Å². The summed E-state index contributed by atoms with van der Waals surface area (Å²) in [7, 11) is 0. The molecule has 8 nitrogen and oxygen atoms in total. The van der Waals surface area contributed by atoms with Gasteiger partial charge in [0, 0.05) is 47.9 Å². The number of anilines is 2. The molecule has 0 bridgehead atoms. The molecule has 36 heavy (non-hydrogen) atoms. The summed E-state index contributed by atoms with van der Waals surface area (Å²) < 4.78 is 14.7. The van der Waals surface area contributed by atoms with Crippen LogP contribution in [0, 0.1) is 17.7 Å². The van der Waals surface area contributed by atoms with E-state index in [1.54, 1.807) is 24.5 Å². The minimum atomic E-state index is -0.302. The molecule has 1 saturated carbocycles. The van der Waals surface area contributed by atoms with Gasteiger partial charge in [0.05, 0.1) is 17.4 Å². The number of benzene rings is 2. The molecule has 9 heteroatoms. The Balaban J connectivity index is 1.19. The maximum absolute atomic E-state index is 14.7. The molecule has 0 amide bonds. The summed E-state index contributed by atoms with van der Waals surface area (Å²) in [6.07, 6.45) is 4.44. The van der Waals surface area contributed by atoms with Crippen molar-refractivity contribution in [1.82, 2.24) is 25.1 Å². The highest BCUT2D eigenvalue weighted by atomic mass is 19.1. The quantitative estimate of drug-likeness (QED) is 0.359. The second-order valence-corrected chi connectivity index (χ2v) is 9.80. The van der Waals surface area contributed by atoms with Crippen LogP contribution in [-0.2, 0) is 5.41 Å². The van der Waals surface area contributed by atoms with Crippen molar-refractivity contribution >= 4 is 33.6 Å². The van der Waals surface area contributed by atoms with Crippen LogP contribution in [0.5, 0.6) is 0 Å². The summed E-state index contributed by atoms with van der Waals surface area (Å²) in [4.78, 5) is 16.2. The first-order valence-electron chi connectivity index (χ1n) is 12.2. The molecular weight excluding hydrogens is 455 g/mol. The van der Waals surface area contributed by atoms with Crippen LogP contribution in [0.2, 0.25) is 0 Å². The number of piperidine rings is 1. The average Bonchev–Trinajstić information content (AvgIpc) is 3.36. The molecule has 180 valence electrons. The van der Waals surface area contributed by atoms with Crippen LogP contribution >= 0.6 is 0 Å². The molecule has 1 saturated heterocycles. The third-order valence-corrected chi connectivity index (χ3v) is 8.18. The molecule has 5 aromatic rings. The molecule has 7 rings (SSSR count). The number of rotatable bonds is 4. The zero-order valence-corrected chi connectivity index (χ0v) is 19.5. The van der Waals surface area contributed by atoms with Crippen molar-refractivity contribution in [3.63, 3.8) is 0 Å². The summed E-state index contributed by atoms with van der Waals surface area (Å²) in [5.41, 5.74) is 17.3. The Morgan fingerprint density at radius 1 is 1.11 bits per heavy atom. The van der Waals surface area contributed by atoms with Crippen molar-refractivity contribution in [2.24, 2.45) is 17.6 Å². The largest absolute Gasteiger partial charge is 0.398 e. The second kappa shape index (κ2) is 7.69. The number of nitrogens with one attached hydrogen (secondary N) is 1. The molecule has 3 aromatic heterocycles. The second-order valence-electron chi connectivity index (χ2n) is 9.80. The molecule has 2 aliphatic rings. The maximum Gasteiger partial charge on any atom is 0.202 e. The fourth-order valence-corrected chi connectivity index (χ4v) is 6.30. The van der Waals surface area contributed by atoms with Crippen LogP contribution in [0.4, 0.5) is 15.9 Å². The summed E-state index contributed by atoms with van der Waals surface area (Å²) in [5.74, 6) is 1.29. The van der Waals surface area contributed by atoms with E-state index in [0.717, 1.165) is 53.1 Å². The zero-order chi connectivity index (χ0) is 24.4. The van der Waals surface area contributed by atoms with Gasteiger partial charge in [-0.2, -0.15) is 5.10 Å². The van der Waals surface area contributed by atoms with E-state index in [9.17, 15) is 4.39 Å². The van der Waals surface area contributed by atoms with E-state index in [1.165, 1.54) is 6.07 Å². The van der Waals surface area contributed by atoms with Crippen LogP contribution in [0.1, 0.15) is 12.0 Å². The number of fused-ring (bicyclic) bond motifs is 3. The van der Waals surface area contributed by atoms with Crippen molar-refractivity contribution in [1.29, 1.82) is 0 Å². The Hall–Kier alpha value is -4.11. The summed E-state index contributed by atoms with van der Waals surface area (Å²) in [5, 5.41) is 8.43. The van der Waals surface area contributed by atoms with Gasteiger partial charge in [0.25, 0.3) is 0 Å². The lowest BCUT2D eigenvalue weighted by Crippen LogP contribution is -2.32. The summed E-state index contributed by atoms with van der Waals surface area (Å²) in [6.45, 7) is 2.03. The van der Waals surface area contributed by atoms with E-state index < -0.39 is 0 Å². The van der Waals surface area contributed by atoms with Crippen molar-refractivity contribution in [2.75, 3.05) is 30.3 Å². The monoisotopic (exact) mass is 480 g/mol. The SMILES string of the molecule is NC[C@]1(c2ccccc2F)[C@@H]2CCN(c3cnc4c(-c5ccc6nccc(N)c6c5)[nH]nc4n3)C[C@@H]21. The number of H-pyrrole nitrogens is 1. The zero-order valence-electron chi connectivity index (χ0n) is 19.5. The number of nitrogen functional groups attached to an aromatic ring is 1. The van der Waals surface area contributed by atoms with E-state index in [2.05, 4.69) is 20.1 Å². The number of pyridine rings is 1. The molecular formula is C27H25FN8. The summed E-state index contributed by atoms with van der Waals surface area (Å²) >= 11 is 0. The number of nitrogens with zero attached hydrogens (tertiary/aromatic N) is 5. The van der Waals surface area contributed by atoms with E-state index in [-0.39, 0.29) is 17.2 Å². The van der Waals surface area contributed by atoms with Gasteiger partial charge >= 0.3 is 0 Å². The highest BCUT2D eigenvalue weighted by molar-refractivity contribution is 5.96. The van der Waals surface area contributed by atoms with Crippen LogP contribution in [-0.4, -0.2) is 44.8 Å². The van der Waals surface area contributed by atoms with Crippen LogP contribution in [0.15, 0.2) is 60.9 Å². The Bertz CT molecular complexity index is 1630. The van der Waals surface area contributed by atoms with Crippen LogP contribution < -0.4 is 16.4 Å². The van der Waals surface area contributed by atoms with Gasteiger partial charge in [-0.3, -0.25) is 10.1 Å². The van der Waals surface area contributed by atoms with E-state index in [4.69, 9.17) is 21.4 Å². The molecule has 5 N–H and O–H groups in total. The predicted molar refractivity (Wildman–Crippen MR) is 138 cm³/mol. The smallest absolute Gasteiger partial charge is 0.202 e. The minimum Gasteiger partial charge on any atom is -0.398 e. The topological polar surface area (TPSA) is 123 Å². The number of aromatic amines is 1. The fourth-order valence-electron chi connectivity index (χ4n) is 6.30. The molecule has 0 spiro atoms. The van der Waals surface area contributed by atoms with E-state index in [0.29, 0.717) is 29.3 Å². The number of halogens is 1. The lowest BCUT2D eigenvalue weighted by molar-refractivity contribution is 0.533. The van der Waals surface area contributed by atoms with Crippen molar-refractivity contribution in [3.05, 3.63) is 72.3 Å². The molecule has 1 aliphatic carbocycles. The average molecular weight is 481 g/mol. The fraction of sp³-hybridized carbons (Fsp3) is 0.259. The molecule has 1 aliphatic heterocycles. The highest BCUT2D eigenvalue weighted by Gasteiger charge is 2.66. The number of aromatic nitrogens is 5. The van der Waals surface area contributed by atoms with Gasteiger partial charge in [0.15, 0.2) is 0 Å². The predicted octanol–water partition coefficient (Wildman–Crippen LogP) is 3.64. The first-order chi connectivity index (χ1) is 17.6. The third-order valence-electron chi connectivity index (χ3n) is 8.18. The van der Waals surface area contributed by atoms with E-state index in [1.807, 2.05) is 30.3 Å². The van der Waals surface area contributed by atoms with E-state index >= 15 is 0 Å². The third kappa shape index (κ3) is 2.95. The Morgan fingerprint density at radius 3 is 2.86 bits per heavy atom. The Morgan fingerprint density at radius 2 is 2.00 bits per heavy atom. The molecule has 4 heterocycles. The number of hydrogen-bond acceptors (Lipinski definition) is 7. The van der Waals surface area contributed by atoms with Crippen LogP contribution in [0.25, 0.3) is 33.3 Å². The van der Waals surface area contributed by atoms with Crippen LogP contribution in [0.3, 0.4) is 0 Å². The standard InChI is InChI=1S/C27H25FN8/c28-20-4-2-1-3-18(20)27(14-29)17-8-10-36(13-19(17)27)23-12-32-25-24(34-35-26(25)33-23)15-5-6-22-16(11-15)21(30)7-9-31-22/h1-7,9,11-12,17,19H,8,10,13-14,29H2,(H2,30,31)(H,33,34,35)/t17-,19+,27-/m1/s1. The van der Waals surface area contributed by atoms with Gasteiger partial charge in [-0.05, 0) is 48.1 Å². The maximum atomic E-state index is 14.7. The van der Waals surface area contributed by atoms with Gasteiger partial charge < -0.3 is 16.4 Å². The lowest BCUT2D eigenvalue weighted by atomic mass is 9.91. The lowest BCUT2D eigenvalue weighted by Gasteiger charge is -2.26. The van der Waals surface area contributed by atoms with Gasteiger partial charge in [0.1, 0.15) is 17.2 Å². The van der Waals surface area contributed by atoms with Gasteiger partial charge in [0.2, 0.25) is 5.65 Å². The first kappa shape index (κ1) is 21.2. The van der Waals surface area contributed by atoms with Gasteiger partial charge in [-0.1, -0.05) is 24.3 Å². The highest BCUT2D eigenvalue weighted by Crippen LogP contribution is 2.63. The molecule has 0 radical (unpaired) electrons.